The number of alkyl carbamates (subject to hydrolysis) is 1. The summed E-state index contributed by atoms with van der Waals surface area (Å²) in [7, 11) is 0. The average molecular weight is 322 g/mol. The van der Waals surface area contributed by atoms with Gasteiger partial charge in [0.25, 0.3) is 0 Å². The van der Waals surface area contributed by atoms with E-state index in [1.165, 1.54) is 6.07 Å². The zero-order valence-corrected chi connectivity index (χ0v) is 14.5. The Kier molecular flexibility index (Phi) is 5.63. The van der Waals surface area contributed by atoms with Gasteiger partial charge in [-0.15, -0.1) is 0 Å². The monoisotopic (exact) mass is 322 g/mol. The van der Waals surface area contributed by atoms with Gasteiger partial charge < -0.3 is 10.1 Å². The molecular weight excluding hydrogens is 295 g/mol. The highest BCUT2D eigenvalue weighted by molar-refractivity contribution is 5.68. The maximum Gasteiger partial charge on any atom is 0.407 e. The van der Waals surface area contributed by atoms with Crippen LogP contribution in [0, 0.1) is 12.7 Å². The Hall–Kier alpha value is -1.62. The highest BCUT2D eigenvalue weighted by atomic mass is 19.1. The lowest BCUT2D eigenvalue weighted by Gasteiger charge is -2.33. The predicted molar refractivity (Wildman–Crippen MR) is 88.8 cm³/mol. The number of carbonyl (C=O) groups is 1. The predicted octanol–water partition coefficient (Wildman–Crippen LogP) is 3.62. The van der Waals surface area contributed by atoms with Crippen LogP contribution in [-0.4, -0.2) is 35.7 Å². The Morgan fingerprint density at radius 1 is 1.35 bits per heavy atom. The van der Waals surface area contributed by atoms with E-state index in [1.807, 2.05) is 33.8 Å². The van der Waals surface area contributed by atoms with E-state index >= 15 is 0 Å². The summed E-state index contributed by atoms with van der Waals surface area (Å²) in [4.78, 5) is 14.0. The van der Waals surface area contributed by atoms with E-state index in [1.54, 1.807) is 6.07 Å². The minimum atomic E-state index is -0.479. The normalized spacial score (nSPS) is 17.1. The van der Waals surface area contributed by atoms with E-state index in [0.717, 1.165) is 37.1 Å². The van der Waals surface area contributed by atoms with Crippen molar-refractivity contribution in [3.8, 4) is 0 Å². The molecule has 5 heteroatoms. The quantitative estimate of drug-likeness (QED) is 0.924. The number of aryl methyl sites for hydroxylation is 1. The van der Waals surface area contributed by atoms with Crippen LogP contribution in [0.3, 0.4) is 0 Å². The zero-order valence-electron chi connectivity index (χ0n) is 14.5. The number of benzene rings is 1. The summed E-state index contributed by atoms with van der Waals surface area (Å²) >= 11 is 0. The third kappa shape index (κ3) is 5.82. The van der Waals surface area contributed by atoms with Crippen LogP contribution < -0.4 is 5.32 Å². The number of nitrogens with one attached hydrogen (secondary N) is 1. The number of hydrogen-bond donors (Lipinski definition) is 1. The second kappa shape index (κ2) is 7.30. The molecule has 0 unspecified atom stereocenters. The minimum Gasteiger partial charge on any atom is -0.444 e. The van der Waals surface area contributed by atoms with E-state index in [0.29, 0.717) is 6.54 Å². The van der Waals surface area contributed by atoms with E-state index in [4.69, 9.17) is 4.74 Å². The van der Waals surface area contributed by atoms with Gasteiger partial charge >= 0.3 is 6.09 Å². The summed E-state index contributed by atoms with van der Waals surface area (Å²) in [5.74, 6) is -0.149. The molecule has 1 aromatic rings. The van der Waals surface area contributed by atoms with Crippen molar-refractivity contribution >= 4 is 6.09 Å². The molecule has 0 bridgehead atoms. The van der Waals surface area contributed by atoms with Crippen LogP contribution in [0.1, 0.15) is 44.7 Å². The number of piperidine rings is 1. The Labute approximate surface area is 138 Å². The fourth-order valence-electron chi connectivity index (χ4n) is 2.78. The molecule has 4 nitrogen and oxygen atoms in total. The average Bonchev–Trinajstić information content (AvgIpc) is 2.43. The molecule has 1 saturated heterocycles. The van der Waals surface area contributed by atoms with Crippen molar-refractivity contribution < 1.29 is 13.9 Å². The van der Waals surface area contributed by atoms with Crippen LogP contribution in [0.5, 0.6) is 0 Å². The summed E-state index contributed by atoms with van der Waals surface area (Å²) in [6, 6.07) is 5.35. The van der Waals surface area contributed by atoms with Gasteiger partial charge in [-0.3, -0.25) is 4.90 Å². The van der Waals surface area contributed by atoms with Crippen molar-refractivity contribution in [3.05, 3.63) is 35.1 Å². The number of ether oxygens (including phenoxy) is 1. The van der Waals surface area contributed by atoms with Gasteiger partial charge in [-0.1, -0.05) is 17.7 Å². The second-order valence-corrected chi connectivity index (χ2v) is 7.29. The Morgan fingerprint density at radius 3 is 2.61 bits per heavy atom. The van der Waals surface area contributed by atoms with Gasteiger partial charge in [0.2, 0.25) is 0 Å². The van der Waals surface area contributed by atoms with Crippen molar-refractivity contribution in [1.82, 2.24) is 10.2 Å². The first kappa shape index (κ1) is 17.7. The summed E-state index contributed by atoms with van der Waals surface area (Å²) in [6.45, 7) is 9.83. The van der Waals surface area contributed by atoms with E-state index in [-0.39, 0.29) is 18.0 Å². The van der Waals surface area contributed by atoms with Gasteiger partial charge in [0, 0.05) is 31.2 Å². The first-order valence-electron chi connectivity index (χ1n) is 8.20. The maximum absolute atomic E-state index is 13.8. The number of amides is 1. The lowest BCUT2D eigenvalue weighted by Crippen LogP contribution is -2.45. The summed E-state index contributed by atoms with van der Waals surface area (Å²) in [5.41, 5.74) is 1.33. The molecule has 1 fully saturated rings. The van der Waals surface area contributed by atoms with Gasteiger partial charge in [0.05, 0.1) is 0 Å². The molecule has 0 radical (unpaired) electrons. The number of hydrogen-bond acceptors (Lipinski definition) is 3. The fourth-order valence-corrected chi connectivity index (χ4v) is 2.78. The van der Waals surface area contributed by atoms with Crippen LogP contribution in [0.25, 0.3) is 0 Å². The second-order valence-electron chi connectivity index (χ2n) is 7.29. The van der Waals surface area contributed by atoms with Crippen molar-refractivity contribution in [2.75, 3.05) is 13.1 Å². The number of nitrogens with zero attached hydrogens (tertiary/aromatic N) is 1. The third-order valence-corrected chi connectivity index (χ3v) is 3.90. The van der Waals surface area contributed by atoms with Crippen LogP contribution in [0.2, 0.25) is 0 Å². The number of rotatable bonds is 3. The Bertz CT molecular complexity index is 546. The summed E-state index contributed by atoms with van der Waals surface area (Å²) in [5, 5.41) is 2.92. The van der Waals surface area contributed by atoms with Crippen LogP contribution in [-0.2, 0) is 11.3 Å². The number of halogens is 1. The highest BCUT2D eigenvalue weighted by Gasteiger charge is 2.24. The number of likely N-dealkylation sites (tertiary alicyclic amines) is 1. The van der Waals surface area contributed by atoms with Crippen LogP contribution in [0.4, 0.5) is 9.18 Å². The highest BCUT2D eigenvalue weighted by Crippen LogP contribution is 2.17. The molecular formula is C18H27FN2O2. The molecule has 1 N–H and O–H groups in total. The lowest BCUT2D eigenvalue weighted by atomic mass is 10.0. The molecule has 2 rings (SSSR count). The summed E-state index contributed by atoms with van der Waals surface area (Å²) in [6.07, 6.45) is 1.35. The van der Waals surface area contributed by atoms with Gasteiger partial charge in [-0.25, -0.2) is 9.18 Å². The van der Waals surface area contributed by atoms with Crippen molar-refractivity contribution in [2.24, 2.45) is 0 Å². The first-order valence-corrected chi connectivity index (χ1v) is 8.20. The largest absolute Gasteiger partial charge is 0.444 e. The molecule has 128 valence electrons. The third-order valence-electron chi connectivity index (χ3n) is 3.90. The molecule has 0 aliphatic carbocycles. The van der Waals surface area contributed by atoms with Crippen molar-refractivity contribution in [3.63, 3.8) is 0 Å². The smallest absolute Gasteiger partial charge is 0.407 e. The molecule has 0 spiro atoms. The van der Waals surface area contributed by atoms with E-state index in [9.17, 15) is 9.18 Å². The molecule has 23 heavy (non-hydrogen) atoms. The topological polar surface area (TPSA) is 41.6 Å². The molecule has 0 atom stereocenters. The van der Waals surface area contributed by atoms with E-state index in [2.05, 4.69) is 10.2 Å². The fraction of sp³-hybridized carbons (Fsp3) is 0.611. The molecule has 0 aromatic heterocycles. The number of carbonyl (C=O) groups excluding carboxylic acids is 1. The van der Waals surface area contributed by atoms with Crippen molar-refractivity contribution in [1.29, 1.82) is 0 Å². The molecule has 1 aromatic carbocycles. The lowest BCUT2D eigenvalue weighted by molar-refractivity contribution is 0.0477. The van der Waals surface area contributed by atoms with E-state index < -0.39 is 5.60 Å². The van der Waals surface area contributed by atoms with Gasteiger partial charge in [-0.2, -0.15) is 0 Å². The van der Waals surface area contributed by atoms with Crippen molar-refractivity contribution in [2.45, 2.75) is 58.7 Å². The zero-order chi connectivity index (χ0) is 17.0. The molecule has 1 amide bonds. The van der Waals surface area contributed by atoms with Crippen LogP contribution >= 0.6 is 0 Å². The maximum atomic E-state index is 13.8. The standard InChI is InChI=1S/C18H27FN2O2/c1-13-5-6-16(19)14(11-13)12-21-9-7-15(8-10-21)20-17(22)23-18(2,3)4/h5-6,11,15H,7-10,12H2,1-4H3,(H,20,22). The summed E-state index contributed by atoms with van der Waals surface area (Å²) < 4.78 is 19.1. The van der Waals surface area contributed by atoms with Gasteiger partial charge in [0.1, 0.15) is 11.4 Å². The van der Waals surface area contributed by atoms with Gasteiger partial charge in [-0.05, 0) is 46.6 Å². The minimum absolute atomic E-state index is 0.128. The Balaban J connectivity index is 1.80. The first-order chi connectivity index (χ1) is 10.7. The van der Waals surface area contributed by atoms with Crippen LogP contribution in [0.15, 0.2) is 18.2 Å². The molecule has 1 aliphatic rings. The van der Waals surface area contributed by atoms with Gasteiger partial charge in [0.15, 0.2) is 0 Å². The molecule has 0 saturated carbocycles. The molecule has 1 aliphatic heterocycles. The molecule has 1 heterocycles. The Morgan fingerprint density at radius 2 is 2.00 bits per heavy atom. The SMILES string of the molecule is Cc1ccc(F)c(CN2CCC(NC(=O)OC(C)(C)C)CC2)c1.